The van der Waals surface area contributed by atoms with E-state index in [4.69, 9.17) is 0 Å². The number of fused-ring (bicyclic) bond motifs is 3. The first-order valence-electron chi connectivity index (χ1n) is 12.7. The lowest BCUT2D eigenvalue weighted by molar-refractivity contribution is 0.0851. The molecule has 4 aliphatic rings. The van der Waals surface area contributed by atoms with Crippen molar-refractivity contribution in [2.24, 2.45) is 11.8 Å². The Kier molecular flexibility index (Phi) is 5.07. The maximum absolute atomic E-state index is 2.85. The Hall–Kier alpha value is -1.84. The molecule has 31 heavy (non-hydrogen) atoms. The third-order valence-corrected chi connectivity index (χ3v) is 9.12. The SMILES string of the molecule is CCN1CC2CN(c3ccccc3)C3(CCN(C4CCCc5ccccc54)CC3)C2C1. The number of likely N-dealkylation sites (tertiary alicyclic amines) is 2. The largest absolute Gasteiger partial charge is 0.365 e. The van der Waals surface area contributed by atoms with Crippen molar-refractivity contribution in [2.75, 3.05) is 44.2 Å². The number of rotatable bonds is 3. The standard InChI is InChI=1S/C28H37N3/c1-2-29-19-23-20-31(24-11-4-3-5-12-24)28(26(23)21-29)15-17-30(18-16-28)27-14-8-10-22-9-6-7-13-25(22)27/h3-7,9,11-13,23,26-27H,2,8,10,14-21H2,1H3. The molecule has 3 aliphatic heterocycles. The minimum absolute atomic E-state index is 0.348. The summed E-state index contributed by atoms with van der Waals surface area (Å²) >= 11 is 0. The van der Waals surface area contributed by atoms with Gasteiger partial charge in [0.25, 0.3) is 0 Å². The van der Waals surface area contributed by atoms with Crippen LogP contribution in [0.4, 0.5) is 5.69 Å². The Balaban J connectivity index is 1.27. The highest BCUT2D eigenvalue weighted by Gasteiger charge is 2.57. The number of piperidine rings is 1. The van der Waals surface area contributed by atoms with Gasteiger partial charge in [0.15, 0.2) is 0 Å². The summed E-state index contributed by atoms with van der Waals surface area (Å²) in [7, 11) is 0. The van der Waals surface area contributed by atoms with Crippen LogP contribution in [0.2, 0.25) is 0 Å². The summed E-state index contributed by atoms with van der Waals surface area (Å²) in [5, 5.41) is 0. The van der Waals surface area contributed by atoms with Crippen molar-refractivity contribution in [3.05, 3.63) is 65.7 Å². The normalized spacial score (nSPS) is 30.5. The zero-order valence-corrected chi connectivity index (χ0v) is 19.0. The molecule has 1 aliphatic carbocycles. The number of hydrogen-bond acceptors (Lipinski definition) is 3. The van der Waals surface area contributed by atoms with Gasteiger partial charge >= 0.3 is 0 Å². The highest BCUT2D eigenvalue weighted by atomic mass is 15.3. The Bertz CT molecular complexity index is 901. The number of benzene rings is 2. The van der Waals surface area contributed by atoms with E-state index >= 15 is 0 Å². The predicted octanol–water partition coefficient (Wildman–Crippen LogP) is 4.99. The lowest BCUT2D eigenvalue weighted by Gasteiger charge is -2.51. The summed E-state index contributed by atoms with van der Waals surface area (Å²) in [5.41, 5.74) is 5.02. The summed E-state index contributed by atoms with van der Waals surface area (Å²) in [4.78, 5) is 8.40. The van der Waals surface area contributed by atoms with E-state index in [0.29, 0.717) is 11.6 Å². The maximum Gasteiger partial charge on any atom is 0.0470 e. The van der Waals surface area contributed by atoms with E-state index in [9.17, 15) is 0 Å². The van der Waals surface area contributed by atoms with Gasteiger partial charge in [-0.25, -0.2) is 0 Å². The molecule has 3 heterocycles. The average molecular weight is 416 g/mol. The van der Waals surface area contributed by atoms with Crippen LogP contribution in [0.3, 0.4) is 0 Å². The highest BCUT2D eigenvalue weighted by Crippen LogP contribution is 2.51. The van der Waals surface area contributed by atoms with Gasteiger partial charge in [0.2, 0.25) is 0 Å². The van der Waals surface area contributed by atoms with Crippen molar-refractivity contribution in [2.45, 2.75) is 50.6 Å². The first-order valence-corrected chi connectivity index (χ1v) is 12.7. The molecule has 0 saturated carbocycles. The van der Waals surface area contributed by atoms with Gasteiger partial charge < -0.3 is 9.80 Å². The molecule has 3 saturated heterocycles. The van der Waals surface area contributed by atoms with Crippen LogP contribution in [0.1, 0.15) is 49.8 Å². The molecule has 0 N–H and O–H groups in total. The van der Waals surface area contributed by atoms with Crippen molar-refractivity contribution in [3.8, 4) is 0 Å². The van der Waals surface area contributed by atoms with Gasteiger partial charge in [0, 0.05) is 55.9 Å². The minimum atomic E-state index is 0.348. The van der Waals surface area contributed by atoms with E-state index in [1.807, 2.05) is 0 Å². The molecular weight excluding hydrogens is 378 g/mol. The zero-order chi connectivity index (χ0) is 20.8. The monoisotopic (exact) mass is 415 g/mol. The molecule has 1 spiro atoms. The van der Waals surface area contributed by atoms with E-state index in [0.717, 1.165) is 11.8 Å². The first kappa shape index (κ1) is 19.8. The fraction of sp³-hybridized carbons (Fsp3) is 0.571. The molecule has 3 nitrogen and oxygen atoms in total. The summed E-state index contributed by atoms with van der Waals surface area (Å²) in [6.45, 7) is 9.89. The summed E-state index contributed by atoms with van der Waals surface area (Å²) in [6.07, 6.45) is 6.58. The average Bonchev–Trinajstić information content (AvgIpc) is 3.38. The van der Waals surface area contributed by atoms with Gasteiger partial charge in [0.1, 0.15) is 0 Å². The van der Waals surface area contributed by atoms with Crippen LogP contribution in [-0.2, 0) is 6.42 Å². The topological polar surface area (TPSA) is 9.72 Å². The number of anilines is 1. The van der Waals surface area contributed by atoms with Crippen LogP contribution in [0.5, 0.6) is 0 Å². The van der Waals surface area contributed by atoms with Crippen LogP contribution in [-0.4, -0.2) is 54.6 Å². The van der Waals surface area contributed by atoms with Crippen LogP contribution in [0.15, 0.2) is 54.6 Å². The van der Waals surface area contributed by atoms with Crippen molar-refractivity contribution in [3.63, 3.8) is 0 Å². The molecule has 164 valence electrons. The third-order valence-electron chi connectivity index (χ3n) is 9.12. The Morgan fingerprint density at radius 3 is 2.48 bits per heavy atom. The summed E-state index contributed by atoms with van der Waals surface area (Å²) in [5.74, 6) is 1.66. The van der Waals surface area contributed by atoms with Crippen molar-refractivity contribution in [1.82, 2.24) is 9.80 Å². The molecule has 3 heteroatoms. The molecule has 3 fully saturated rings. The quantitative estimate of drug-likeness (QED) is 0.699. The second-order valence-corrected chi connectivity index (χ2v) is 10.4. The molecule has 2 aromatic carbocycles. The maximum atomic E-state index is 2.85. The van der Waals surface area contributed by atoms with Crippen molar-refractivity contribution < 1.29 is 0 Å². The Morgan fingerprint density at radius 1 is 0.903 bits per heavy atom. The highest BCUT2D eigenvalue weighted by molar-refractivity contribution is 5.52. The number of hydrogen-bond donors (Lipinski definition) is 0. The molecule has 3 unspecified atom stereocenters. The van der Waals surface area contributed by atoms with Crippen molar-refractivity contribution in [1.29, 1.82) is 0 Å². The molecule has 3 atom stereocenters. The van der Waals surface area contributed by atoms with Gasteiger partial charge in [0.05, 0.1) is 0 Å². The van der Waals surface area contributed by atoms with Crippen LogP contribution < -0.4 is 4.90 Å². The Labute approximate surface area is 188 Å². The molecular formula is C28H37N3. The van der Waals surface area contributed by atoms with E-state index < -0.39 is 0 Å². The summed E-state index contributed by atoms with van der Waals surface area (Å²) < 4.78 is 0. The number of aryl methyl sites for hydroxylation is 1. The number of para-hydroxylation sites is 1. The van der Waals surface area contributed by atoms with E-state index in [1.54, 1.807) is 11.1 Å². The molecule has 0 bridgehead atoms. The summed E-state index contributed by atoms with van der Waals surface area (Å²) in [6, 6.07) is 21.2. The van der Waals surface area contributed by atoms with Crippen LogP contribution in [0.25, 0.3) is 0 Å². The predicted molar refractivity (Wildman–Crippen MR) is 129 cm³/mol. The second kappa shape index (κ2) is 7.94. The van der Waals surface area contributed by atoms with Gasteiger partial charge in [-0.2, -0.15) is 0 Å². The van der Waals surface area contributed by atoms with E-state index in [2.05, 4.69) is 76.2 Å². The fourth-order valence-electron chi connectivity index (χ4n) is 7.57. The molecule has 0 aromatic heterocycles. The van der Waals surface area contributed by atoms with Crippen LogP contribution >= 0.6 is 0 Å². The Morgan fingerprint density at radius 2 is 1.68 bits per heavy atom. The second-order valence-electron chi connectivity index (χ2n) is 10.4. The third kappa shape index (κ3) is 3.24. The van der Waals surface area contributed by atoms with Gasteiger partial charge in [-0.3, -0.25) is 4.90 Å². The molecule has 2 aromatic rings. The smallest absolute Gasteiger partial charge is 0.0470 e. The lowest BCUT2D eigenvalue weighted by Crippen LogP contribution is -2.57. The van der Waals surface area contributed by atoms with E-state index in [1.165, 1.54) is 77.1 Å². The van der Waals surface area contributed by atoms with Crippen LogP contribution in [0, 0.1) is 11.8 Å². The zero-order valence-electron chi connectivity index (χ0n) is 19.0. The lowest BCUT2D eigenvalue weighted by atomic mass is 9.74. The minimum Gasteiger partial charge on any atom is -0.365 e. The van der Waals surface area contributed by atoms with Gasteiger partial charge in [-0.15, -0.1) is 0 Å². The number of nitrogens with zero attached hydrogens (tertiary/aromatic N) is 3. The molecule has 6 rings (SSSR count). The van der Waals surface area contributed by atoms with Gasteiger partial charge in [-0.1, -0.05) is 49.4 Å². The first-order chi connectivity index (χ1) is 15.3. The van der Waals surface area contributed by atoms with E-state index in [-0.39, 0.29) is 0 Å². The fourth-order valence-corrected chi connectivity index (χ4v) is 7.57. The van der Waals surface area contributed by atoms with Gasteiger partial charge in [-0.05, 0) is 67.8 Å². The molecule has 0 amide bonds. The van der Waals surface area contributed by atoms with Crippen molar-refractivity contribution >= 4 is 5.69 Å². The molecule has 0 radical (unpaired) electrons.